The van der Waals surface area contributed by atoms with Gasteiger partial charge in [-0.15, -0.1) is 0 Å². The third-order valence-electron chi connectivity index (χ3n) is 25.9. The van der Waals surface area contributed by atoms with Gasteiger partial charge in [0.05, 0.1) is 0 Å². The molecule has 0 heterocycles. The zero-order valence-corrected chi connectivity index (χ0v) is 44.5. The van der Waals surface area contributed by atoms with E-state index in [-0.39, 0.29) is 0 Å². The first-order chi connectivity index (χ1) is 32.3. The molecule has 0 saturated heterocycles. The van der Waals surface area contributed by atoms with Crippen molar-refractivity contribution in [3.8, 4) is 0 Å². The first-order valence-electron chi connectivity index (χ1n) is 29.3. The minimum atomic E-state index is 0.731. The van der Waals surface area contributed by atoms with Crippen LogP contribution in [0.2, 0.25) is 0 Å². The molecule has 0 radical (unpaired) electrons. The van der Waals surface area contributed by atoms with Gasteiger partial charge in [-0.25, -0.2) is 0 Å². The van der Waals surface area contributed by atoms with E-state index < -0.39 is 0 Å². The molecule has 66 heavy (non-hydrogen) atoms. The Morgan fingerprint density at radius 2 is 0.833 bits per heavy atom. The van der Waals surface area contributed by atoms with Crippen molar-refractivity contribution >= 4 is 60.5 Å². The van der Waals surface area contributed by atoms with Gasteiger partial charge in [0.15, 0.2) is 0 Å². The van der Waals surface area contributed by atoms with Crippen molar-refractivity contribution in [2.75, 3.05) is 0 Å². The van der Waals surface area contributed by atoms with Gasteiger partial charge in [0.25, 0.3) is 0 Å². The van der Waals surface area contributed by atoms with Crippen LogP contribution in [-0.4, -0.2) is 42.0 Å². The van der Waals surface area contributed by atoms with E-state index in [2.05, 4.69) is 84.7 Å². The van der Waals surface area contributed by atoms with E-state index >= 15 is 0 Å². The lowest BCUT2D eigenvalue weighted by molar-refractivity contribution is 0.262. The predicted octanol–water partition coefficient (Wildman–Crippen LogP) is 15.4. The first kappa shape index (κ1) is 43.1. The van der Waals surface area contributed by atoms with Crippen LogP contribution >= 0.6 is 60.5 Å². The summed E-state index contributed by atoms with van der Waals surface area (Å²) in [7, 11) is 0. The highest BCUT2D eigenvalue weighted by atomic mass is 32.2. The number of allylic oxidation sites excluding steroid dienone is 8. The molecule has 5 heteroatoms. The van der Waals surface area contributed by atoms with Crippen molar-refractivity contribution in [2.24, 2.45) is 142 Å². The van der Waals surface area contributed by atoms with E-state index in [0.717, 1.165) is 184 Å². The average Bonchev–Trinajstić information content (AvgIpc) is 4.10. The summed E-state index contributed by atoms with van der Waals surface area (Å²) in [5.74, 6) is 25.2. The molecule has 0 aromatic carbocycles. The highest BCUT2D eigenvalue weighted by molar-refractivity contribution is 8.01. The number of thiol groups is 2. The summed E-state index contributed by atoms with van der Waals surface area (Å²) in [4.78, 5) is 0. The number of hydrogen-bond acceptors (Lipinski definition) is 5. The zero-order chi connectivity index (χ0) is 43.3. The Labute approximate surface area is 424 Å². The molecule has 358 valence electrons. The van der Waals surface area contributed by atoms with Crippen molar-refractivity contribution in [1.82, 2.24) is 0 Å². The monoisotopic (exact) mass is 977 g/mol. The lowest BCUT2D eigenvalue weighted by atomic mass is 9.81. The van der Waals surface area contributed by atoms with Crippen LogP contribution in [0.15, 0.2) is 48.1 Å². The summed E-state index contributed by atoms with van der Waals surface area (Å²) in [6, 6.07) is 0. The predicted molar refractivity (Wildman–Crippen MR) is 288 cm³/mol. The summed E-state index contributed by atoms with van der Waals surface area (Å²) >= 11 is 17.2. The van der Waals surface area contributed by atoms with Gasteiger partial charge in [0.2, 0.25) is 0 Å². The standard InChI is InChI=1S/C21H30S2.C20H28S2.C20H26S/c1-10-2-14-11-4-18(16(14)3-10)20(6-11)23-21-7-12-5-19(21)17-9-13(22)8-15(12)17;21-17-5-4-13-11-7-16(20(13)17)19(9-11)22-18-8-10-6-15(18)14-3-1-2-12(10)14;1-3-13-11-7-17(15(13)5-1)19(9-11)21-20-10-12-8-18(20)16-6-2-4-14(12)16/h2,11-22H,3-9H2,1H3;1-2,10-21H,3-9H2;1-3,6,11-20H,4-5,7-10H2. The molecule has 0 aromatic rings. The van der Waals surface area contributed by atoms with E-state index in [4.69, 9.17) is 25.3 Å². The number of thioether (sulfide) groups is 3. The minimum Gasteiger partial charge on any atom is -0.176 e. The zero-order valence-electron chi connectivity index (χ0n) is 40.3. The highest BCUT2D eigenvalue weighted by Crippen LogP contribution is 2.69. The van der Waals surface area contributed by atoms with Gasteiger partial charge < -0.3 is 0 Å². The quantitative estimate of drug-likeness (QED) is 0.201. The Morgan fingerprint density at radius 1 is 0.379 bits per heavy atom. The molecule has 0 aliphatic heterocycles. The van der Waals surface area contributed by atoms with Crippen LogP contribution < -0.4 is 0 Å². The van der Waals surface area contributed by atoms with Crippen LogP contribution in [0.25, 0.3) is 0 Å². The van der Waals surface area contributed by atoms with Gasteiger partial charge in [-0.2, -0.15) is 60.5 Å². The molecular formula is C61H84S5. The Morgan fingerprint density at radius 3 is 1.50 bits per heavy atom. The van der Waals surface area contributed by atoms with Crippen LogP contribution in [0.1, 0.15) is 135 Å². The number of hydrogen-bond donors (Lipinski definition) is 2. The molecule has 0 aromatic heterocycles. The normalized spacial score (nSPS) is 62.6. The van der Waals surface area contributed by atoms with Crippen LogP contribution in [0, 0.1) is 142 Å². The van der Waals surface area contributed by atoms with Crippen molar-refractivity contribution in [3.63, 3.8) is 0 Å². The molecule has 18 aliphatic carbocycles. The van der Waals surface area contributed by atoms with E-state index in [1.165, 1.54) is 51.4 Å². The lowest BCUT2D eigenvalue weighted by Crippen LogP contribution is -2.34. The van der Waals surface area contributed by atoms with Crippen molar-refractivity contribution in [1.29, 1.82) is 0 Å². The van der Waals surface area contributed by atoms with Crippen LogP contribution in [-0.2, 0) is 0 Å². The summed E-state index contributed by atoms with van der Waals surface area (Å²) in [5, 5.41) is 7.61. The third-order valence-corrected chi connectivity index (χ3v) is 32.3. The van der Waals surface area contributed by atoms with Crippen LogP contribution in [0.3, 0.4) is 0 Å². The van der Waals surface area contributed by atoms with E-state index in [9.17, 15) is 0 Å². The molecule has 12 bridgehead atoms. The maximum Gasteiger partial charge on any atom is 0.00867 e. The summed E-state index contributed by atoms with van der Waals surface area (Å²) < 4.78 is 0. The fourth-order valence-electron chi connectivity index (χ4n) is 23.9. The summed E-state index contributed by atoms with van der Waals surface area (Å²) in [6.45, 7) is 2.38. The second-order valence-corrected chi connectivity index (χ2v) is 33.9. The summed E-state index contributed by atoms with van der Waals surface area (Å²) in [6.07, 6.45) is 48.1. The average molecular weight is 978 g/mol. The maximum atomic E-state index is 4.97. The largest absolute Gasteiger partial charge is 0.176 e. The van der Waals surface area contributed by atoms with Gasteiger partial charge in [-0.1, -0.05) is 48.1 Å². The van der Waals surface area contributed by atoms with Gasteiger partial charge in [-0.3, -0.25) is 0 Å². The lowest BCUT2D eigenvalue weighted by Gasteiger charge is -2.38. The summed E-state index contributed by atoms with van der Waals surface area (Å²) in [5.41, 5.74) is 1.70. The smallest absolute Gasteiger partial charge is 0.00867 e. The Balaban J connectivity index is 0.0000000878. The molecule has 32 unspecified atom stereocenters. The van der Waals surface area contributed by atoms with Crippen molar-refractivity contribution < 1.29 is 0 Å². The second kappa shape index (κ2) is 16.4. The molecule has 32 atom stereocenters. The molecule has 14 fully saturated rings. The molecule has 18 aliphatic rings. The maximum absolute atomic E-state index is 4.97. The van der Waals surface area contributed by atoms with Gasteiger partial charge in [0.1, 0.15) is 0 Å². The van der Waals surface area contributed by atoms with Crippen LogP contribution in [0.5, 0.6) is 0 Å². The first-order valence-corrected chi connectivity index (χ1v) is 33.2. The van der Waals surface area contributed by atoms with Crippen molar-refractivity contribution in [3.05, 3.63) is 48.1 Å². The molecular weight excluding hydrogens is 893 g/mol. The van der Waals surface area contributed by atoms with Gasteiger partial charge in [-0.05, 0) is 277 Å². The number of fused-ring (bicyclic) bond motifs is 30. The Bertz CT molecular complexity index is 2030. The molecule has 14 saturated carbocycles. The molecule has 0 N–H and O–H groups in total. The van der Waals surface area contributed by atoms with Gasteiger partial charge in [0, 0.05) is 42.0 Å². The fourth-order valence-corrected chi connectivity index (χ4v) is 31.5. The Kier molecular flexibility index (Phi) is 10.7. The van der Waals surface area contributed by atoms with Gasteiger partial charge >= 0.3 is 0 Å². The SMILES string of the molecule is C1=CC2C(C1)C1CC(SC3CC4CC3C3CC=CC43)C2C1.CC1=CC2C3CC(SC4CC5CC4C4CC(S)CC54)C(C3)C2C1.SC1CCC2C3CC(SC4CC5CC4C4CC=CC54)C(C3)C12. The minimum absolute atomic E-state index is 0.731. The van der Waals surface area contributed by atoms with Crippen LogP contribution in [0.4, 0.5) is 0 Å². The highest BCUT2D eigenvalue weighted by Gasteiger charge is 2.62. The molecule has 0 amide bonds. The van der Waals surface area contributed by atoms with E-state index in [1.54, 1.807) is 82.6 Å². The van der Waals surface area contributed by atoms with E-state index in [0.29, 0.717) is 0 Å². The van der Waals surface area contributed by atoms with E-state index in [1.807, 2.05) is 0 Å². The number of rotatable bonds is 6. The second-order valence-electron chi connectivity index (χ2n) is 28.0. The topological polar surface area (TPSA) is 0 Å². The van der Waals surface area contributed by atoms with Crippen molar-refractivity contribution in [2.45, 2.75) is 177 Å². The molecule has 18 rings (SSSR count). The molecule has 0 spiro atoms. The third kappa shape index (κ3) is 6.59. The Hall–Kier alpha value is 0.710. The fraction of sp³-hybridized carbons (Fsp3) is 0.869. The molecule has 0 nitrogen and oxygen atoms in total.